The Morgan fingerprint density at radius 3 is 2.94 bits per heavy atom. The Morgan fingerprint density at radius 2 is 2.38 bits per heavy atom. The van der Waals surface area contributed by atoms with Gasteiger partial charge in [0.25, 0.3) is 0 Å². The van der Waals surface area contributed by atoms with E-state index in [2.05, 4.69) is 21.2 Å². The second-order valence-corrected chi connectivity index (χ2v) is 4.74. The molecular formula is C11H12BrNO3. The Hall–Kier alpha value is -1.07. The van der Waals surface area contributed by atoms with Crippen molar-refractivity contribution in [1.82, 2.24) is 0 Å². The van der Waals surface area contributed by atoms with Crippen molar-refractivity contribution in [1.29, 1.82) is 0 Å². The lowest BCUT2D eigenvalue weighted by Crippen LogP contribution is -2.47. The molecule has 1 heterocycles. The summed E-state index contributed by atoms with van der Waals surface area (Å²) >= 11 is 3.35. The van der Waals surface area contributed by atoms with Crippen molar-refractivity contribution in [3.63, 3.8) is 0 Å². The van der Waals surface area contributed by atoms with Crippen molar-refractivity contribution in [3.8, 4) is 0 Å². The SMILES string of the molecule is O=C(O)C1(Nc2cccc(Br)c2)CCOC1. The van der Waals surface area contributed by atoms with Gasteiger partial charge in [-0.05, 0) is 18.2 Å². The molecule has 1 aliphatic heterocycles. The summed E-state index contributed by atoms with van der Waals surface area (Å²) in [6, 6.07) is 7.44. The van der Waals surface area contributed by atoms with E-state index in [0.717, 1.165) is 10.2 Å². The van der Waals surface area contributed by atoms with Gasteiger partial charge in [0.1, 0.15) is 0 Å². The summed E-state index contributed by atoms with van der Waals surface area (Å²) in [5, 5.41) is 12.3. The van der Waals surface area contributed by atoms with Crippen LogP contribution in [-0.4, -0.2) is 29.8 Å². The number of hydrogen-bond donors (Lipinski definition) is 2. The average Bonchev–Trinajstić information content (AvgIpc) is 2.67. The van der Waals surface area contributed by atoms with E-state index in [-0.39, 0.29) is 6.61 Å². The first-order valence-electron chi connectivity index (χ1n) is 4.97. The first kappa shape index (κ1) is 11.4. The minimum atomic E-state index is -0.985. The van der Waals surface area contributed by atoms with Gasteiger partial charge < -0.3 is 15.2 Å². The Morgan fingerprint density at radius 1 is 1.56 bits per heavy atom. The van der Waals surface area contributed by atoms with Gasteiger partial charge in [0.15, 0.2) is 5.54 Å². The van der Waals surface area contributed by atoms with Gasteiger partial charge in [-0.25, -0.2) is 4.79 Å². The van der Waals surface area contributed by atoms with Gasteiger partial charge in [-0.3, -0.25) is 0 Å². The average molecular weight is 286 g/mol. The lowest BCUT2D eigenvalue weighted by atomic mass is 9.98. The van der Waals surface area contributed by atoms with Gasteiger partial charge in [-0.2, -0.15) is 0 Å². The van der Waals surface area contributed by atoms with E-state index in [0.29, 0.717) is 13.0 Å². The van der Waals surface area contributed by atoms with E-state index in [1.165, 1.54) is 0 Å². The Bertz CT molecular complexity index is 402. The lowest BCUT2D eigenvalue weighted by Gasteiger charge is -2.25. The zero-order chi connectivity index (χ0) is 11.6. The summed E-state index contributed by atoms with van der Waals surface area (Å²) in [5.41, 5.74) is -0.205. The third kappa shape index (κ3) is 2.20. The van der Waals surface area contributed by atoms with Gasteiger partial charge in [0, 0.05) is 23.2 Å². The molecule has 0 aliphatic carbocycles. The lowest BCUT2D eigenvalue weighted by molar-refractivity contribution is -0.142. The highest BCUT2D eigenvalue weighted by Gasteiger charge is 2.42. The van der Waals surface area contributed by atoms with Gasteiger partial charge in [0.05, 0.1) is 6.61 Å². The molecule has 0 amide bonds. The third-order valence-corrected chi connectivity index (χ3v) is 3.13. The summed E-state index contributed by atoms with van der Waals surface area (Å²) in [6.07, 6.45) is 0.481. The van der Waals surface area contributed by atoms with E-state index < -0.39 is 11.5 Å². The molecule has 1 aliphatic rings. The molecule has 5 heteroatoms. The van der Waals surface area contributed by atoms with Crippen LogP contribution in [0.15, 0.2) is 28.7 Å². The largest absolute Gasteiger partial charge is 0.479 e. The van der Waals surface area contributed by atoms with Crippen molar-refractivity contribution >= 4 is 27.6 Å². The third-order valence-electron chi connectivity index (χ3n) is 2.64. The minimum absolute atomic E-state index is 0.203. The minimum Gasteiger partial charge on any atom is -0.479 e. The maximum Gasteiger partial charge on any atom is 0.331 e. The first-order valence-corrected chi connectivity index (χ1v) is 5.77. The number of ether oxygens (including phenoxy) is 1. The molecule has 0 saturated carbocycles. The monoisotopic (exact) mass is 285 g/mol. The highest BCUT2D eigenvalue weighted by Crippen LogP contribution is 2.26. The molecule has 2 N–H and O–H groups in total. The van der Waals surface area contributed by atoms with Crippen molar-refractivity contribution in [2.45, 2.75) is 12.0 Å². The van der Waals surface area contributed by atoms with E-state index in [9.17, 15) is 9.90 Å². The van der Waals surface area contributed by atoms with Gasteiger partial charge in [0.2, 0.25) is 0 Å². The smallest absolute Gasteiger partial charge is 0.331 e. The molecule has 0 spiro atoms. The number of carboxylic acids is 1. The van der Waals surface area contributed by atoms with Crippen molar-refractivity contribution in [3.05, 3.63) is 28.7 Å². The number of anilines is 1. The summed E-state index contributed by atoms with van der Waals surface area (Å²) in [5.74, 6) is -0.870. The van der Waals surface area contributed by atoms with Gasteiger partial charge in [-0.1, -0.05) is 22.0 Å². The number of nitrogens with one attached hydrogen (secondary N) is 1. The highest BCUT2D eigenvalue weighted by molar-refractivity contribution is 9.10. The summed E-state index contributed by atoms with van der Waals surface area (Å²) in [7, 11) is 0. The van der Waals surface area contributed by atoms with Crippen LogP contribution in [0.5, 0.6) is 0 Å². The highest BCUT2D eigenvalue weighted by atomic mass is 79.9. The number of carboxylic acid groups (broad SMARTS) is 1. The fourth-order valence-electron chi connectivity index (χ4n) is 1.73. The number of carbonyl (C=O) groups is 1. The van der Waals surface area contributed by atoms with E-state index >= 15 is 0 Å². The fourth-order valence-corrected chi connectivity index (χ4v) is 2.13. The second kappa shape index (κ2) is 4.43. The summed E-state index contributed by atoms with van der Waals surface area (Å²) < 4.78 is 6.08. The van der Waals surface area contributed by atoms with Crippen LogP contribution in [0.2, 0.25) is 0 Å². The van der Waals surface area contributed by atoms with Crippen molar-refractivity contribution < 1.29 is 14.6 Å². The molecule has 1 aromatic carbocycles. The first-order chi connectivity index (χ1) is 7.62. The van der Waals surface area contributed by atoms with Crippen LogP contribution in [0, 0.1) is 0 Å². The Kier molecular flexibility index (Phi) is 3.16. The molecule has 1 unspecified atom stereocenters. The molecular weight excluding hydrogens is 274 g/mol. The van der Waals surface area contributed by atoms with Crippen molar-refractivity contribution in [2.75, 3.05) is 18.5 Å². The molecule has 86 valence electrons. The number of benzene rings is 1. The zero-order valence-corrected chi connectivity index (χ0v) is 10.2. The van der Waals surface area contributed by atoms with Crippen molar-refractivity contribution in [2.24, 2.45) is 0 Å². The topological polar surface area (TPSA) is 58.6 Å². The standard InChI is InChI=1S/C11H12BrNO3/c12-8-2-1-3-9(6-8)13-11(10(14)15)4-5-16-7-11/h1-3,6,13H,4-5,7H2,(H,14,15). The van der Waals surface area contributed by atoms with Gasteiger partial charge in [-0.15, -0.1) is 0 Å². The number of halogens is 1. The molecule has 0 radical (unpaired) electrons. The summed E-state index contributed by atoms with van der Waals surface area (Å²) in [6.45, 7) is 0.683. The number of rotatable bonds is 3. The molecule has 1 fully saturated rings. The van der Waals surface area contributed by atoms with E-state index in [1.807, 2.05) is 24.3 Å². The van der Waals surface area contributed by atoms with E-state index in [1.54, 1.807) is 0 Å². The van der Waals surface area contributed by atoms with Crippen LogP contribution in [-0.2, 0) is 9.53 Å². The molecule has 1 saturated heterocycles. The van der Waals surface area contributed by atoms with Crippen LogP contribution in [0.25, 0.3) is 0 Å². The molecule has 1 atom stereocenters. The van der Waals surface area contributed by atoms with Crippen LogP contribution in [0.1, 0.15) is 6.42 Å². The Labute approximate surface area is 102 Å². The number of aliphatic carboxylic acids is 1. The van der Waals surface area contributed by atoms with Crippen LogP contribution in [0.4, 0.5) is 5.69 Å². The number of hydrogen-bond acceptors (Lipinski definition) is 3. The molecule has 4 nitrogen and oxygen atoms in total. The predicted molar refractivity (Wildman–Crippen MR) is 63.6 cm³/mol. The predicted octanol–water partition coefficient (Wildman–Crippen LogP) is 2.10. The van der Waals surface area contributed by atoms with Crippen LogP contribution in [0.3, 0.4) is 0 Å². The summed E-state index contributed by atoms with van der Waals surface area (Å²) in [4.78, 5) is 11.3. The molecule has 1 aromatic rings. The Balaban J connectivity index is 2.21. The van der Waals surface area contributed by atoms with E-state index in [4.69, 9.17) is 4.74 Å². The molecule has 0 aromatic heterocycles. The normalized spacial score (nSPS) is 24.3. The second-order valence-electron chi connectivity index (χ2n) is 3.83. The fraction of sp³-hybridized carbons (Fsp3) is 0.364. The molecule has 16 heavy (non-hydrogen) atoms. The van der Waals surface area contributed by atoms with Crippen LogP contribution >= 0.6 is 15.9 Å². The van der Waals surface area contributed by atoms with Gasteiger partial charge >= 0.3 is 5.97 Å². The molecule has 0 bridgehead atoms. The maximum atomic E-state index is 11.3. The molecule has 2 rings (SSSR count). The maximum absolute atomic E-state index is 11.3. The van der Waals surface area contributed by atoms with Crippen LogP contribution < -0.4 is 5.32 Å². The quantitative estimate of drug-likeness (QED) is 0.893. The zero-order valence-electron chi connectivity index (χ0n) is 8.57.